The van der Waals surface area contributed by atoms with Crippen molar-refractivity contribution in [3.63, 3.8) is 0 Å². The van der Waals surface area contributed by atoms with Gasteiger partial charge >= 0.3 is 5.97 Å². The second kappa shape index (κ2) is 5.95. The quantitative estimate of drug-likeness (QED) is 0.911. The van der Waals surface area contributed by atoms with Gasteiger partial charge in [0.25, 0.3) is 0 Å². The number of hydrogen-bond donors (Lipinski definition) is 1. The Hall–Kier alpha value is -1.91. The Morgan fingerprint density at radius 2 is 1.87 bits per heavy atom. The molecule has 1 aromatic rings. The van der Waals surface area contributed by atoms with Gasteiger partial charge in [-0.1, -0.05) is 12.8 Å². The van der Waals surface area contributed by atoms with Crippen LogP contribution in [0.5, 0.6) is 0 Å². The van der Waals surface area contributed by atoms with E-state index in [1.807, 2.05) is 6.07 Å². The standard InChI is InChI=1S/C16H18N2O4S/c17-10-11-5-7-13(8-6-11)23(21,22)18-14-4-2-1-3-12(14)9-15(18)16(19)20/h5-8,12,14-15H,1-4,9H2,(H,19,20). The molecule has 3 rings (SSSR count). The van der Waals surface area contributed by atoms with E-state index in [2.05, 4.69) is 0 Å². The normalized spacial score (nSPS) is 28.0. The monoisotopic (exact) mass is 334 g/mol. The third-order valence-corrected chi connectivity index (χ3v) is 6.82. The number of carbonyl (C=O) groups is 1. The topological polar surface area (TPSA) is 98.5 Å². The zero-order valence-electron chi connectivity index (χ0n) is 12.6. The summed E-state index contributed by atoms with van der Waals surface area (Å²) in [7, 11) is -3.89. The predicted octanol–water partition coefficient (Wildman–Crippen LogP) is 1.96. The maximum Gasteiger partial charge on any atom is 0.322 e. The Balaban J connectivity index is 2.01. The van der Waals surface area contributed by atoms with Crippen LogP contribution in [0, 0.1) is 17.2 Å². The highest BCUT2D eigenvalue weighted by Gasteiger charge is 2.51. The molecule has 3 unspecified atom stereocenters. The van der Waals surface area contributed by atoms with Crippen molar-refractivity contribution in [3.05, 3.63) is 29.8 Å². The van der Waals surface area contributed by atoms with Crippen LogP contribution in [0.25, 0.3) is 0 Å². The molecule has 0 aromatic heterocycles. The average molecular weight is 334 g/mol. The molecule has 0 bridgehead atoms. The maximum absolute atomic E-state index is 13.0. The van der Waals surface area contributed by atoms with E-state index in [0.29, 0.717) is 18.4 Å². The molecule has 1 aliphatic heterocycles. The van der Waals surface area contributed by atoms with Gasteiger partial charge in [-0.2, -0.15) is 9.57 Å². The smallest absolute Gasteiger partial charge is 0.322 e. The summed E-state index contributed by atoms with van der Waals surface area (Å²) in [6.07, 6.45) is 3.93. The van der Waals surface area contributed by atoms with Crippen molar-refractivity contribution in [1.82, 2.24) is 4.31 Å². The number of aliphatic carboxylic acids is 1. The first-order valence-corrected chi connectivity index (χ1v) is 9.15. The molecule has 6 nitrogen and oxygen atoms in total. The van der Waals surface area contributed by atoms with Gasteiger partial charge in [0, 0.05) is 6.04 Å². The van der Waals surface area contributed by atoms with E-state index in [1.165, 1.54) is 28.6 Å². The van der Waals surface area contributed by atoms with E-state index in [0.717, 1.165) is 19.3 Å². The van der Waals surface area contributed by atoms with Crippen molar-refractivity contribution in [1.29, 1.82) is 5.26 Å². The summed E-state index contributed by atoms with van der Waals surface area (Å²) in [6.45, 7) is 0. The first-order valence-electron chi connectivity index (χ1n) is 7.71. The minimum absolute atomic E-state index is 0.0500. The maximum atomic E-state index is 13.0. The Morgan fingerprint density at radius 3 is 2.48 bits per heavy atom. The van der Waals surface area contributed by atoms with Gasteiger partial charge in [-0.3, -0.25) is 4.79 Å². The lowest BCUT2D eigenvalue weighted by Crippen LogP contribution is -2.46. The molecule has 122 valence electrons. The summed E-state index contributed by atoms with van der Waals surface area (Å²) in [6, 6.07) is 6.36. The molecule has 1 saturated carbocycles. The summed E-state index contributed by atoms with van der Waals surface area (Å²) in [5, 5.41) is 18.3. The first kappa shape index (κ1) is 16.0. The van der Waals surface area contributed by atoms with E-state index in [9.17, 15) is 18.3 Å². The number of nitrogens with zero attached hydrogens (tertiary/aromatic N) is 2. The molecule has 1 saturated heterocycles. The number of sulfonamides is 1. The van der Waals surface area contributed by atoms with Gasteiger partial charge in [-0.05, 0) is 49.4 Å². The van der Waals surface area contributed by atoms with Crippen LogP contribution in [0.2, 0.25) is 0 Å². The first-order chi connectivity index (χ1) is 10.9. The lowest BCUT2D eigenvalue weighted by molar-refractivity contribution is -0.141. The van der Waals surface area contributed by atoms with Crippen molar-refractivity contribution < 1.29 is 18.3 Å². The minimum atomic E-state index is -3.89. The van der Waals surface area contributed by atoms with Crippen molar-refractivity contribution in [2.24, 2.45) is 5.92 Å². The van der Waals surface area contributed by atoms with E-state index in [-0.39, 0.29) is 16.9 Å². The molecular weight excluding hydrogens is 316 g/mol. The van der Waals surface area contributed by atoms with E-state index in [1.54, 1.807) is 0 Å². The van der Waals surface area contributed by atoms with Gasteiger partial charge in [-0.15, -0.1) is 0 Å². The van der Waals surface area contributed by atoms with Crippen molar-refractivity contribution in [3.8, 4) is 6.07 Å². The molecule has 0 amide bonds. The van der Waals surface area contributed by atoms with E-state index >= 15 is 0 Å². The molecule has 3 atom stereocenters. The van der Waals surface area contributed by atoms with Crippen LogP contribution in [-0.2, 0) is 14.8 Å². The average Bonchev–Trinajstić information content (AvgIpc) is 2.95. The molecule has 2 fully saturated rings. The van der Waals surface area contributed by atoms with Crippen molar-refractivity contribution in [2.45, 2.75) is 49.1 Å². The highest BCUT2D eigenvalue weighted by molar-refractivity contribution is 7.89. The lowest BCUT2D eigenvalue weighted by atomic mass is 9.85. The number of carboxylic acids is 1. The Kier molecular flexibility index (Phi) is 4.13. The molecule has 1 N–H and O–H groups in total. The van der Waals surface area contributed by atoms with Crippen LogP contribution >= 0.6 is 0 Å². The van der Waals surface area contributed by atoms with Gasteiger partial charge < -0.3 is 5.11 Å². The SMILES string of the molecule is N#Cc1ccc(S(=O)(=O)N2C(C(=O)O)CC3CCCCC32)cc1. The molecule has 2 aliphatic rings. The molecule has 23 heavy (non-hydrogen) atoms. The van der Waals surface area contributed by atoms with Crippen molar-refractivity contribution >= 4 is 16.0 Å². The summed E-state index contributed by atoms with van der Waals surface area (Å²) >= 11 is 0. The zero-order chi connectivity index (χ0) is 16.6. The lowest BCUT2D eigenvalue weighted by Gasteiger charge is -2.32. The number of hydrogen-bond acceptors (Lipinski definition) is 4. The predicted molar refractivity (Wildman–Crippen MR) is 82.0 cm³/mol. The van der Waals surface area contributed by atoms with Gasteiger partial charge in [0.1, 0.15) is 6.04 Å². The van der Waals surface area contributed by atoms with Crippen LogP contribution in [0.4, 0.5) is 0 Å². The second-order valence-electron chi connectivity index (χ2n) is 6.17. The fourth-order valence-electron chi connectivity index (χ4n) is 3.80. The Bertz CT molecular complexity index is 751. The number of carboxylic acid groups (broad SMARTS) is 1. The summed E-state index contributed by atoms with van der Waals surface area (Å²) in [4.78, 5) is 11.6. The minimum Gasteiger partial charge on any atom is -0.480 e. The second-order valence-corrected chi connectivity index (χ2v) is 8.02. The molecule has 7 heteroatoms. The van der Waals surface area contributed by atoms with Crippen LogP contribution in [0.3, 0.4) is 0 Å². The molecule has 1 aromatic carbocycles. The molecule has 1 aliphatic carbocycles. The van der Waals surface area contributed by atoms with Gasteiger partial charge in [0.05, 0.1) is 16.5 Å². The Labute approximate surface area is 135 Å². The van der Waals surface area contributed by atoms with E-state index < -0.39 is 22.0 Å². The highest BCUT2D eigenvalue weighted by Crippen LogP contribution is 2.42. The van der Waals surface area contributed by atoms with Crippen molar-refractivity contribution in [2.75, 3.05) is 0 Å². The number of benzene rings is 1. The summed E-state index contributed by atoms with van der Waals surface area (Å²) < 4.78 is 27.2. The zero-order valence-corrected chi connectivity index (χ0v) is 13.4. The fraction of sp³-hybridized carbons (Fsp3) is 0.500. The van der Waals surface area contributed by atoms with Gasteiger partial charge in [-0.25, -0.2) is 8.42 Å². The molecular formula is C16H18N2O4S. The van der Waals surface area contributed by atoms with Crippen LogP contribution in [0.15, 0.2) is 29.2 Å². The Morgan fingerprint density at radius 1 is 1.22 bits per heavy atom. The van der Waals surface area contributed by atoms with Gasteiger partial charge in [0.2, 0.25) is 10.0 Å². The molecule has 1 heterocycles. The third-order valence-electron chi connectivity index (χ3n) is 4.87. The fourth-order valence-corrected chi connectivity index (χ4v) is 5.67. The van der Waals surface area contributed by atoms with Crippen LogP contribution < -0.4 is 0 Å². The van der Waals surface area contributed by atoms with Crippen LogP contribution in [-0.4, -0.2) is 35.9 Å². The number of rotatable bonds is 3. The summed E-state index contributed by atoms with van der Waals surface area (Å²) in [5.74, 6) is -0.963. The summed E-state index contributed by atoms with van der Waals surface area (Å²) in [5.41, 5.74) is 0.371. The number of nitriles is 1. The van der Waals surface area contributed by atoms with Crippen LogP contribution in [0.1, 0.15) is 37.7 Å². The van der Waals surface area contributed by atoms with E-state index in [4.69, 9.17) is 5.26 Å². The molecule has 0 radical (unpaired) electrons. The largest absolute Gasteiger partial charge is 0.480 e. The van der Waals surface area contributed by atoms with Gasteiger partial charge in [0.15, 0.2) is 0 Å². The number of fused-ring (bicyclic) bond motifs is 1. The molecule has 0 spiro atoms. The highest BCUT2D eigenvalue weighted by atomic mass is 32.2. The third kappa shape index (κ3) is 2.73.